The van der Waals surface area contributed by atoms with Crippen LogP contribution in [-0.4, -0.2) is 36.7 Å². The van der Waals surface area contributed by atoms with E-state index in [0.717, 1.165) is 30.9 Å². The molecule has 1 aliphatic heterocycles. The van der Waals surface area contributed by atoms with Gasteiger partial charge in [0.05, 0.1) is 0 Å². The van der Waals surface area contributed by atoms with E-state index in [2.05, 4.69) is 23.3 Å². The predicted molar refractivity (Wildman–Crippen MR) is 82.0 cm³/mol. The Morgan fingerprint density at radius 1 is 1.25 bits per heavy atom. The van der Waals surface area contributed by atoms with E-state index in [1.807, 2.05) is 6.07 Å². The minimum Gasteiger partial charge on any atom is -0.508 e. The molecule has 0 aromatic heterocycles. The van der Waals surface area contributed by atoms with Gasteiger partial charge in [0, 0.05) is 6.04 Å². The van der Waals surface area contributed by atoms with Crippen molar-refractivity contribution in [3.8, 4) is 5.75 Å². The highest BCUT2D eigenvalue weighted by atomic mass is 16.3. The minimum absolute atomic E-state index is 0.448. The van der Waals surface area contributed by atoms with Crippen molar-refractivity contribution in [2.75, 3.05) is 26.7 Å². The molecule has 1 aromatic rings. The van der Waals surface area contributed by atoms with Crippen LogP contribution in [0.2, 0.25) is 0 Å². The van der Waals surface area contributed by atoms with E-state index < -0.39 is 0 Å². The van der Waals surface area contributed by atoms with Gasteiger partial charge in [0.15, 0.2) is 0 Å². The Morgan fingerprint density at radius 2 is 2.05 bits per heavy atom. The summed E-state index contributed by atoms with van der Waals surface area (Å²) in [5, 5.41) is 13.6. The number of benzene rings is 1. The molecular weight excluding hydrogens is 248 g/mol. The van der Waals surface area contributed by atoms with E-state index in [4.69, 9.17) is 0 Å². The number of hydrogen-bond donors (Lipinski definition) is 2. The monoisotopic (exact) mass is 274 g/mol. The van der Waals surface area contributed by atoms with Crippen LogP contribution in [0.3, 0.4) is 0 Å². The predicted octanol–water partition coefficient (Wildman–Crippen LogP) is 2.70. The molecule has 1 fully saturated rings. The number of phenols is 1. The van der Waals surface area contributed by atoms with Gasteiger partial charge in [-0.1, -0.05) is 12.1 Å². The lowest BCUT2D eigenvalue weighted by atomic mass is 9.93. The fourth-order valence-electron chi connectivity index (χ4n) is 3.66. The number of aromatic hydroxyl groups is 1. The van der Waals surface area contributed by atoms with Gasteiger partial charge in [0.25, 0.3) is 0 Å². The van der Waals surface area contributed by atoms with Crippen molar-refractivity contribution in [3.05, 3.63) is 29.3 Å². The summed E-state index contributed by atoms with van der Waals surface area (Å²) in [5.74, 6) is 1.37. The molecule has 1 atom stereocenters. The van der Waals surface area contributed by atoms with Crippen LogP contribution in [0.4, 0.5) is 0 Å². The third kappa shape index (κ3) is 2.99. The number of likely N-dealkylation sites (tertiary alicyclic amines) is 1. The summed E-state index contributed by atoms with van der Waals surface area (Å²) in [4.78, 5) is 2.43. The van der Waals surface area contributed by atoms with E-state index in [-0.39, 0.29) is 0 Å². The van der Waals surface area contributed by atoms with E-state index in [1.54, 1.807) is 6.07 Å². The van der Waals surface area contributed by atoms with Crippen LogP contribution in [0.5, 0.6) is 5.75 Å². The number of hydrogen-bond acceptors (Lipinski definition) is 3. The normalized spacial score (nSPS) is 23.9. The van der Waals surface area contributed by atoms with Gasteiger partial charge in [-0.2, -0.15) is 0 Å². The van der Waals surface area contributed by atoms with Crippen molar-refractivity contribution in [3.63, 3.8) is 0 Å². The Labute approximate surface area is 122 Å². The van der Waals surface area contributed by atoms with E-state index in [1.165, 1.54) is 37.9 Å². The molecule has 0 spiro atoms. The molecule has 1 aliphatic carbocycles. The van der Waals surface area contributed by atoms with Crippen LogP contribution in [-0.2, 0) is 6.42 Å². The number of phenolic OH excluding ortho intramolecular Hbond substituents is 1. The summed E-state index contributed by atoms with van der Waals surface area (Å²) in [5.41, 5.74) is 2.47. The summed E-state index contributed by atoms with van der Waals surface area (Å²) in [7, 11) is 2.22. The van der Waals surface area contributed by atoms with Crippen LogP contribution in [0.1, 0.15) is 42.9 Å². The highest BCUT2D eigenvalue weighted by molar-refractivity contribution is 5.44. The molecular formula is C17H26N2O. The number of piperidine rings is 1. The van der Waals surface area contributed by atoms with Gasteiger partial charge in [-0.05, 0) is 81.9 Å². The van der Waals surface area contributed by atoms with Gasteiger partial charge in [0.1, 0.15) is 5.75 Å². The molecule has 1 heterocycles. The molecule has 3 nitrogen and oxygen atoms in total. The minimum atomic E-state index is 0.448. The average Bonchev–Trinajstić information content (AvgIpc) is 2.86. The first-order valence-electron chi connectivity index (χ1n) is 7.96. The highest BCUT2D eigenvalue weighted by Crippen LogP contribution is 2.36. The molecule has 3 heteroatoms. The van der Waals surface area contributed by atoms with Gasteiger partial charge in [-0.3, -0.25) is 0 Å². The summed E-state index contributed by atoms with van der Waals surface area (Å²) < 4.78 is 0. The van der Waals surface area contributed by atoms with Gasteiger partial charge in [-0.15, -0.1) is 0 Å². The van der Waals surface area contributed by atoms with Crippen molar-refractivity contribution in [2.45, 2.75) is 38.1 Å². The fraction of sp³-hybridized carbons (Fsp3) is 0.647. The van der Waals surface area contributed by atoms with Crippen LogP contribution in [0.25, 0.3) is 0 Å². The molecule has 1 unspecified atom stereocenters. The van der Waals surface area contributed by atoms with Crippen molar-refractivity contribution < 1.29 is 5.11 Å². The maximum Gasteiger partial charge on any atom is 0.119 e. The third-order valence-electron chi connectivity index (χ3n) is 5.03. The van der Waals surface area contributed by atoms with Gasteiger partial charge < -0.3 is 15.3 Å². The topological polar surface area (TPSA) is 35.5 Å². The summed E-state index contributed by atoms with van der Waals surface area (Å²) in [6, 6.07) is 6.38. The Hall–Kier alpha value is -1.06. The van der Waals surface area contributed by atoms with Crippen molar-refractivity contribution in [1.82, 2.24) is 10.2 Å². The van der Waals surface area contributed by atoms with Crippen LogP contribution < -0.4 is 5.32 Å². The second-order valence-electron chi connectivity index (χ2n) is 6.43. The Kier molecular flexibility index (Phi) is 4.27. The molecule has 1 saturated heterocycles. The third-order valence-corrected chi connectivity index (χ3v) is 5.03. The van der Waals surface area contributed by atoms with E-state index >= 15 is 0 Å². The maximum atomic E-state index is 9.87. The first-order valence-corrected chi connectivity index (χ1v) is 7.96. The van der Waals surface area contributed by atoms with Crippen molar-refractivity contribution in [2.24, 2.45) is 5.92 Å². The number of nitrogens with one attached hydrogen (secondary N) is 1. The number of fused-ring (bicyclic) bond motifs is 1. The van der Waals surface area contributed by atoms with Crippen LogP contribution in [0, 0.1) is 5.92 Å². The largest absolute Gasteiger partial charge is 0.508 e. The second kappa shape index (κ2) is 6.15. The smallest absolute Gasteiger partial charge is 0.119 e. The summed E-state index contributed by atoms with van der Waals surface area (Å²) >= 11 is 0. The number of nitrogens with zero attached hydrogens (tertiary/aromatic N) is 1. The molecule has 2 aliphatic rings. The Morgan fingerprint density at radius 3 is 2.85 bits per heavy atom. The lowest BCUT2D eigenvalue weighted by molar-refractivity contribution is 0.210. The Bertz CT molecular complexity index is 452. The summed E-state index contributed by atoms with van der Waals surface area (Å²) in [6.45, 7) is 3.61. The molecule has 110 valence electrons. The second-order valence-corrected chi connectivity index (χ2v) is 6.43. The fourth-order valence-corrected chi connectivity index (χ4v) is 3.66. The first-order chi connectivity index (χ1) is 9.74. The zero-order chi connectivity index (χ0) is 13.9. The SMILES string of the molecule is CN1CCC(CCNC2CCc3c(O)cccc32)CC1. The van der Waals surface area contributed by atoms with E-state index in [9.17, 15) is 5.11 Å². The zero-order valence-corrected chi connectivity index (χ0v) is 12.4. The van der Waals surface area contributed by atoms with Crippen molar-refractivity contribution in [1.29, 1.82) is 0 Å². The van der Waals surface area contributed by atoms with Gasteiger partial charge in [-0.25, -0.2) is 0 Å². The molecule has 1 aromatic carbocycles. The first kappa shape index (κ1) is 13.9. The van der Waals surface area contributed by atoms with Crippen LogP contribution >= 0.6 is 0 Å². The highest BCUT2D eigenvalue weighted by Gasteiger charge is 2.24. The molecule has 20 heavy (non-hydrogen) atoms. The standard InChI is InChI=1S/C17H26N2O/c1-19-11-8-13(9-12-19)7-10-18-16-6-5-15-14(16)3-2-4-17(15)20/h2-4,13,16,18,20H,5-12H2,1H3. The maximum absolute atomic E-state index is 9.87. The molecule has 0 amide bonds. The quantitative estimate of drug-likeness (QED) is 0.886. The lowest BCUT2D eigenvalue weighted by Crippen LogP contribution is -2.32. The molecule has 2 N–H and O–H groups in total. The van der Waals surface area contributed by atoms with E-state index in [0.29, 0.717) is 11.8 Å². The lowest BCUT2D eigenvalue weighted by Gasteiger charge is -2.29. The van der Waals surface area contributed by atoms with Crippen molar-refractivity contribution >= 4 is 0 Å². The Balaban J connectivity index is 1.48. The van der Waals surface area contributed by atoms with Gasteiger partial charge in [0.2, 0.25) is 0 Å². The summed E-state index contributed by atoms with van der Waals surface area (Å²) in [6.07, 6.45) is 6.12. The molecule has 0 saturated carbocycles. The molecule has 0 bridgehead atoms. The molecule has 3 rings (SSSR count). The number of rotatable bonds is 4. The van der Waals surface area contributed by atoms with Crippen LogP contribution in [0.15, 0.2) is 18.2 Å². The average molecular weight is 274 g/mol. The zero-order valence-electron chi connectivity index (χ0n) is 12.4. The van der Waals surface area contributed by atoms with Gasteiger partial charge >= 0.3 is 0 Å². The molecule has 0 radical (unpaired) electrons.